The largest absolute Gasteiger partial charge is 0.484 e. The van der Waals surface area contributed by atoms with Gasteiger partial charge in [0, 0.05) is 0 Å². The predicted molar refractivity (Wildman–Crippen MR) is 65.0 cm³/mol. The summed E-state index contributed by atoms with van der Waals surface area (Å²) in [5.74, 6) is -1.19. The van der Waals surface area contributed by atoms with Gasteiger partial charge in [0.25, 0.3) is 0 Å². The number of nitro benzene ring substituents is 1. The molecule has 1 unspecified atom stereocenters. The van der Waals surface area contributed by atoms with Crippen molar-refractivity contribution in [2.75, 3.05) is 0 Å². The Morgan fingerprint density at radius 3 is 2.44 bits per heavy atom. The molecule has 0 spiro atoms. The summed E-state index contributed by atoms with van der Waals surface area (Å²) in [5.41, 5.74) is -0.869. The van der Waals surface area contributed by atoms with Crippen molar-refractivity contribution in [3.05, 3.63) is 33.9 Å². The van der Waals surface area contributed by atoms with Crippen molar-refractivity contribution in [1.29, 1.82) is 0 Å². The second-order valence-corrected chi connectivity index (χ2v) is 4.28. The third kappa shape index (κ3) is 2.97. The smallest absolute Gasteiger partial charge is 0.342 e. The number of nitro groups is 1. The second-order valence-electron chi connectivity index (χ2n) is 4.28. The molecule has 0 aliphatic rings. The zero-order valence-corrected chi connectivity index (χ0v) is 10.4. The summed E-state index contributed by atoms with van der Waals surface area (Å²) < 4.78 is 5.45. The number of hydrogen-bond donors (Lipinski definition) is 1. The lowest BCUT2D eigenvalue weighted by atomic mass is 10.1. The number of para-hydroxylation sites is 1. The van der Waals surface area contributed by atoms with Gasteiger partial charge in [0.05, 0.1) is 11.0 Å². The van der Waals surface area contributed by atoms with E-state index in [4.69, 9.17) is 9.84 Å². The summed E-state index contributed by atoms with van der Waals surface area (Å²) in [6.45, 7) is 5.61. The van der Waals surface area contributed by atoms with E-state index in [-0.39, 0.29) is 23.3 Å². The zero-order valence-electron chi connectivity index (χ0n) is 10.4. The minimum atomic E-state index is -1.34. The fourth-order valence-corrected chi connectivity index (χ4v) is 1.31. The molecule has 0 saturated heterocycles. The minimum absolute atomic E-state index is 0.0129. The number of aromatic carboxylic acids is 1. The average molecular weight is 253 g/mol. The molecule has 6 nitrogen and oxygen atoms in total. The summed E-state index contributed by atoms with van der Waals surface area (Å²) in [6.07, 6.45) is -0.243. The van der Waals surface area contributed by atoms with Gasteiger partial charge in [0.15, 0.2) is 5.75 Å². The van der Waals surface area contributed by atoms with Gasteiger partial charge in [-0.1, -0.05) is 19.9 Å². The first-order valence-corrected chi connectivity index (χ1v) is 5.52. The van der Waals surface area contributed by atoms with Crippen LogP contribution in [0.2, 0.25) is 0 Å². The van der Waals surface area contributed by atoms with Gasteiger partial charge in [-0.3, -0.25) is 10.1 Å². The number of ether oxygens (including phenoxy) is 1. The van der Waals surface area contributed by atoms with Gasteiger partial charge < -0.3 is 9.84 Å². The number of hydrogen-bond acceptors (Lipinski definition) is 4. The molecule has 0 saturated carbocycles. The van der Waals surface area contributed by atoms with Gasteiger partial charge >= 0.3 is 11.7 Å². The number of benzene rings is 1. The molecule has 18 heavy (non-hydrogen) atoms. The molecule has 1 atom stereocenters. The standard InChI is InChI=1S/C12H15NO5/c1-7(2)8(3)18-10-6-4-5-9(12(14)15)11(10)13(16)17/h4-8H,1-3H3,(H,14,15). The van der Waals surface area contributed by atoms with Crippen LogP contribution >= 0.6 is 0 Å². The molecule has 0 aromatic heterocycles. The summed E-state index contributed by atoms with van der Waals surface area (Å²) in [5, 5.41) is 19.9. The number of carboxylic acids is 1. The van der Waals surface area contributed by atoms with E-state index < -0.39 is 16.6 Å². The second kappa shape index (κ2) is 5.48. The van der Waals surface area contributed by atoms with Gasteiger partial charge in [0.1, 0.15) is 5.56 Å². The van der Waals surface area contributed by atoms with E-state index in [0.29, 0.717) is 0 Å². The fourth-order valence-electron chi connectivity index (χ4n) is 1.31. The molecular weight excluding hydrogens is 238 g/mol. The van der Waals surface area contributed by atoms with Crippen LogP contribution in [0.1, 0.15) is 31.1 Å². The molecule has 1 N–H and O–H groups in total. The Bertz CT molecular complexity index is 470. The van der Waals surface area contributed by atoms with Gasteiger partial charge in [-0.15, -0.1) is 0 Å². The van der Waals surface area contributed by atoms with Gasteiger partial charge in [-0.05, 0) is 25.0 Å². The Kier molecular flexibility index (Phi) is 4.25. The normalized spacial score (nSPS) is 12.2. The minimum Gasteiger partial charge on any atom is -0.484 e. The Morgan fingerprint density at radius 2 is 2.00 bits per heavy atom. The molecule has 1 aromatic rings. The van der Waals surface area contributed by atoms with Crippen molar-refractivity contribution in [3.8, 4) is 5.75 Å². The van der Waals surface area contributed by atoms with Crippen LogP contribution in [0.5, 0.6) is 5.75 Å². The number of carbonyl (C=O) groups is 1. The van der Waals surface area contributed by atoms with E-state index >= 15 is 0 Å². The van der Waals surface area contributed by atoms with Crippen LogP contribution in [0.25, 0.3) is 0 Å². The van der Waals surface area contributed by atoms with E-state index in [1.165, 1.54) is 18.2 Å². The van der Waals surface area contributed by atoms with Crippen LogP contribution in [0, 0.1) is 16.0 Å². The lowest BCUT2D eigenvalue weighted by Gasteiger charge is -2.18. The molecule has 98 valence electrons. The summed E-state index contributed by atoms with van der Waals surface area (Å²) in [7, 11) is 0. The molecule has 6 heteroatoms. The van der Waals surface area contributed by atoms with E-state index in [0.717, 1.165) is 0 Å². The molecule has 0 radical (unpaired) electrons. The van der Waals surface area contributed by atoms with Crippen molar-refractivity contribution in [2.24, 2.45) is 5.92 Å². The Labute approximate surface area is 104 Å². The molecule has 0 amide bonds. The van der Waals surface area contributed by atoms with Crippen LogP contribution in [0.15, 0.2) is 18.2 Å². The maximum absolute atomic E-state index is 11.0. The van der Waals surface area contributed by atoms with Crippen molar-refractivity contribution in [2.45, 2.75) is 26.9 Å². The average Bonchev–Trinajstić information content (AvgIpc) is 2.27. The van der Waals surface area contributed by atoms with Crippen LogP contribution in [-0.2, 0) is 0 Å². The molecule has 1 aromatic carbocycles. The van der Waals surface area contributed by atoms with Crippen molar-refractivity contribution in [1.82, 2.24) is 0 Å². The summed E-state index contributed by atoms with van der Waals surface area (Å²) in [6, 6.07) is 4.02. The Morgan fingerprint density at radius 1 is 1.39 bits per heavy atom. The SMILES string of the molecule is CC(C)C(C)Oc1cccc(C(=O)O)c1[N+](=O)[O-]. The maximum atomic E-state index is 11.0. The first-order valence-electron chi connectivity index (χ1n) is 5.52. The number of nitrogens with zero attached hydrogens (tertiary/aromatic N) is 1. The molecule has 0 aliphatic carbocycles. The van der Waals surface area contributed by atoms with Crippen LogP contribution in [-0.4, -0.2) is 22.1 Å². The quantitative estimate of drug-likeness (QED) is 0.643. The van der Waals surface area contributed by atoms with Crippen LogP contribution in [0.4, 0.5) is 5.69 Å². The zero-order chi connectivity index (χ0) is 13.9. The van der Waals surface area contributed by atoms with Crippen molar-refractivity contribution in [3.63, 3.8) is 0 Å². The van der Waals surface area contributed by atoms with Gasteiger partial charge in [0.2, 0.25) is 0 Å². The highest BCUT2D eigenvalue weighted by molar-refractivity contribution is 5.93. The Hall–Kier alpha value is -2.11. The molecule has 0 fully saturated rings. The lowest BCUT2D eigenvalue weighted by Crippen LogP contribution is -2.19. The molecule has 1 rings (SSSR count). The monoisotopic (exact) mass is 253 g/mol. The maximum Gasteiger partial charge on any atom is 0.342 e. The topological polar surface area (TPSA) is 89.7 Å². The van der Waals surface area contributed by atoms with Gasteiger partial charge in [-0.25, -0.2) is 4.79 Å². The number of rotatable bonds is 5. The highest BCUT2D eigenvalue weighted by Gasteiger charge is 2.26. The Balaban J connectivity index is 3.23. The van der Waals surface area contributed by atoms with Crippen LogP contribution in [0.3, 0.4) is 0 Å². The summed E-state index contributed by atoms with van der Waals surface area (Å²) in [4.78, 5) is 21.2. The molecule has 0 aliphatic heterocycles. The molecule has 0 heterocycles. The molecule has 0 bridgehead atoms. The van der Waals surface area contributed by atoms with E-state index in [9.17, 15) is 14.9 Å². The summed E-state index contributed by atoms with van der Waals surface area (Å²) >= 11 is 0. The fraction of sp³-hybridized carbons (Fsp3) is 0.417. The first-order chi connectivity index (χ1) is 8.34. The third-order valence-corrected chi connectivity index (χ3v) is 2.66. The van der Waals surface area contributed by atoms with Gasteiger partial charge in [-0.2, -0.15) is 0 Å². The number of carboxylic acid groups (broad SMARTS) is 1. The lowest BCUT2D eigenvalue weighted by molar-refractivity contribution is -0.386. The van der Waals surface area contributed by atoms with Crippen molar-refractivity contribution >= 4 is 11.7 Å². The molecular formula is C12H15NO5. The highest BCUT2D eigenvalue weighted by atomic mass is 16.6. The predicted octanol–water partition coefficient (Wildman–Crippen LogP) is 2.72. The van der Waals surface area contributed by atoms with E-state index in [1.807, 2.05) is 13.8 Å². The first kappa shape index (κ1) is 14.0. The third-order valence-electron chi connectivity index (χ3n) is 2.66. The van der Waals surface area contributed by atoms with E-state index in [1.54, 1.807) is 6.92 Å². The highest BCUT2D eigenvalue weighted by Crippen LogP contribution is 2.32. The van der Waals surface area contributed by atoms with Crippen molar-refractivity contribution < 1.29 is 19.6 Å². The van der Waals surface area contributed by atoms with Crippen LogP contribution < -0.4 is 4.74 Å². The van der Waals surface area contributed by atoms with E-state index in [2.05, 4.69) is 0 Å².